The number of rotatable bonds is 8. The number of amides is 4. The van der Waals surface area contributed by atoms with Gasteiger partial charge in [0, 0.05) is 48.7 Å². The van der Waals surface area contributed by atoms with Crippen LogP contribution in [-0.4, -0.2) is 63.0 Å². The quantitative estimate of drug-likeness (QED) is 0.320. The van der Waals surface area contributed by atoms with Crippen LogP contribution in [0.5, 0.6) is 0 Å². The standard InChI is InChI=1S/C23H28N8O2.ClH/c32-22(30-18-6-2-16(3-7-18)20-24-12-13-25-20)28-10-1-11-29-23(33)31-19-8-4-17(5-9-19)21-26-14-15-27-21;/h2-9H,1,10-15H2,(H,24,25)(H,26,27)(H2,28,30,32)(H2,29,31,33);1H. The van der Waals surface area contributed by atoms with Crippen molar-refractivity contribution in [2.45, 2.75) is 6.42 Å². The first kappa shape index (κ1) is 24.8. The smallest absolute Gasteiger partial charge is 0.319 e. The average Bonchev–Trinajstić information content (AvgIpc) is 3.55. The normalized spacial score (nSPS) is 14.0. The summed E-state index contributed by atoms with van der Waals surface area (Å²) in [5, 5.41) is 17.6. The largest absolute Gasteiger partial charge is 0.368 e. The van der Waals surface area contributed by atoms with Crippen LogP contribution < -0.4 is 31.9 Å². The maximum Gasteiger partial charge on any atom is 0.319 e. The summed E-state index contributed by atoms with van der Waals surface area (Å²) in [5.74, 6) is 1.77. The highest BCUT2D eigenvalue weighted by Crippen LogP contribution is 2.12. The van der Waals surface area contributed by atoms with Gasteiger partial charge in [0.05, 0.1) is 13.1 Å². The number of amidine groups is 2. The molecule has 34 heavy (non-hydrogen) atoms. The van der Waals surface area contributed by atoms with E-state index in [-0.39, 0.29) is 24.5 Å². The van der Waals surface area contributed by atoms with Crippen LogP contribution in [0.15, 0.2) is 58.5 Å². The molecule has 0 atom stereocenters. The van der Waals surface area contributed by atoms with E-state index in [2.05, 4.69) is 41.9 Å². The van der Waals surface area contributed by atoms with Crippen molar-refractivity contribution >= 4 is 47.5 Å². The predicted molar refractivity (Wildman–Crippen MR) is 138 cm³/mol. The van der Waals surface area contributed by atoms with Crippen LogP contribution in [0.4, 0.5) is 21.0 Å². The van der Waals surface area contributed by atoms with Gasteiger partial charge < -0.3 is 31.9 Å². The highest BCUT2D eigenvalue weighted by Gasteiger charge is 2.09. The summed E-state index contributed by atoms with van der Waals surface area (Å²) >= 11 is 0. The minimum absolute atomic E-state index is 0. The van der Waals surface area contributed by atoms with E-state index in [1.807, 2.05) is 48.5 Å². The third kappa shape index (κ3) is 7.11. The third-order valence-corrected chi connectivity index (χ3v) is 5.11. The van der Waals surface area contributed by atoms with E-state index in [4.69, 9.17) is 0 Å². The number of nitrogens with one attached hydrogen (secondary N) is 6. The molecule has 0 bridgehead atoms. The molecule has 10 nitrogen and oxygen atoms in total. The Kier molecular flexibility index (Phi) is 9.10. The number of aliphatic imine (C=N–C) groups is 2. The van der Waals surface area contributed by atoms with Crippen molar-refractivity contribution in [1.29, 1.82) is 0 Å². The monoisotopic (exact) mass is 484 g/mol. The zero-order valence-electron chi connectivity index (χ0n) is 18.7. The molecule has 2 aromatic rings. The Hall–Kier alpha value is -3.79. The van der Waals surface area contributed by atoms with Crippen molar-refractivity contribution in [1.82, 2.24) is 21.3 Å². The van der Waals surface area contributed by atoms with Gasteiger partial charge in [0.15, 0.2) is 0 Å². The molecule has 11 heteroatoms. The minimum Gasteiger partial charge on any atom is -0.368 e. The Morgan fingerprint density at radius 3 is 1.47 bits per heavy atom. The number of carbonyl (C=O) groups excluding carboxylic acids is 2. The Labute approximate surface area is 204 Å². The van der Waals surface area contributed by atoms with E-state index in [1.165, 1.54) is 0 Å². The molecule has 2 heterocycles. The predicted octanol–water partition coefficient (Wildman–Crippen LogP) is 2.14. The van der Waals surface area contributed by atoms with Gasteiger partial charge in [-0.05, 0) is 55.0 Å². The Morgan fingerprint density at radius 1 is 0.706 bits per heavy atom. The lowest BCUT2D eigenvalue weighted by molar-refractivity contribution is 0.251. The van der Waals surface area contributed by atoms with Gasteiger partial charge in [-0.3, -0.25) is 9.98 Å². The topological polar surface area (TPSA) is 131 Å². The Bertz CT molecular complexity index is 954. The average molecular weight is 485 g/mol. The van der Waals surface area contributed by atoms with E-state index in [1.54, 1.807) is 0 Å². The highest BCUT2D eigenvalue weighted by atomic mass is 35.5. The molecule has 0 aromatic heterocycles. The van der Waals surface area contributed by atoms with Gasteiger partial charge in [-0.25, -0.2) is 9.59 Å². The van der Waals surface area contributed by atoms with Crippen LogP contribution in [0.2, 0.25) is 0 Å². The van der Waals surface area contributed by atoms with Gasteiger partial charge >= 0.3 is 12.1 Å². The van der Waals surface area contributed by atoms with Gasteiger partial charge in [0.1, 0.15) is 11.7 Å². The van der Waals surface area contributed by atoms with Crippen molar-refractivity contribution < 1.29 is 9.59 Å². The first-order valence-electron chi connectivity index (χ1n) is 11.0. The fourth-order valence-corrected chi connectivity index (χ4v) is 3.45. The number of anilines is 2. The number of halogens is 1. The molecule has 0 radical (unpaired) electrons. The summed E-state index contributed by atoms with van der Waals surface area (Å²) in [6.45, 7) is 4.17. The number of carbonyl (C=O) groups is 2. The molecule has 6 N–H and O–H groups in total. The van der Waals surface area contributed by atoms with Crippen molar-refractivity contribution in [3.8, 4) is 0 Å². The molecule has 0 saturated heterocycles. The van der Waals surface area contributed by atoms with E-state index < -0.39 is 0 Å². The number of nitrogens with zero attached hydrogens (tertiary/aromatic N) is 2. The molecule has 0 aliphatic carbocycles. The highest BCUT2D eigenvalue weighted by molar-refractivity contribution is 6.01. The molecular formula is C23H29ClN8O2. The number of benzene rings is 2. The summed E-state index contributed by atoms with van der Waals surface area (Å²) in [5.41, 5.74) is 3.40. The van der Waals surface area contributed by atoms with Gasteiger partial charge in [-0.1, -0.05) is 0 Å². The second kappa shape index (κ2) is 12.4. The van der Waals surface area contributed by atoms with Crippen LogP contribution in [0.3, 0.4) is 0 Å². The zero-order valence-corrected chi connectivity index (χ0v) is 19.5. The fourth-order valence-electron chi connectivity index (χ4n) is 3.45. The van der Waals surface area contributed by atoms with Crippen molar-refractivity contribution in [3.05, 3.63) is 59.7 Å². The minimum atomic E-state index is -0.287. The fraction of sp³-hybridized carbons (Fsp3) is 0.304. The van der Waals surface area contributed by atoms with E-state index >= 15 is 0 Å². The molecule has 0 fully saturated rings. The molecule has 180 valence electrons. The second-order valence-corrected chi connectivity index (χ2v) is 7.58. The molecule has 4 rings (SSSR count). The third-order valence-electron chi connectivity index (χ3n) is 5.11. The molecule has 4 amide bonds. The summed E-state index contributed by atoms with van der Waals surface area (Å²) in [6, 6.07) is 14.5. The summed E-state index contributed by atoms with van der Waals surface area (Å²) < 4.78 is 0. The molecule has 0 saturated carbocycles. The Morgan fingerprint density at radius 2 is 1.12 bits per heavy atom. The first-order chi connectivity index (χ1) is 16.2. The SMILES string of the molecule is Cl.O=C(NCCCNC(=O)Nc1ccc(C2=NCCN2)cc1)Nc1ccc(C2=NCCN2)cc1. The Balaban J connectivity index is 0.00000324. The van der Waals surface area contributed by atoms with Gasteiger partial charge in [0.25, 0.3) is 0 Å². The molecular weight excluding hydrogens is 456 g/mol. The molecule has 2 aliphatic rings. The molecule has 2 aliphatic heterocycles. The zero-order chi connectivity index (χ0) is 22.9. The van der Waals surface area contributed by atoms with E-state index in [9.17, 15) is 9.59 Å². The van der Waals surface area contributed by atoms with Gasteiger partial charge in [-0.2, -0.15) is 0 Å². The first-order valence-corrected chi connectivity index (χ1v) is 11.0. The second-order valence-electron chi connectivity index (χ2n) is 7.58. The number of hydrogen-bond donors (Lipinski definition) is 6. The van der Waals surface area contributed by atoms with Crippen LogP contribution in [-0.2, 0) is 0 Å². The van der Waals surface area contributed by atoms with Gasteiger partial charge in [-0.15, -0.1) is 12.4 Å². The molecule has 2 aromatic carbocycles. The van der Waals surface area contributed by atoms with Crippen LogP contribution in [0.25, 0.3) is 0 Å². The summed E-state index contributed by atoms with van der Waals surface area (Å²) in [6.07, 6.45) is 0.607. The van der Waals surface area contributed by atoms with Crippen LogP contribution >= 0.6 is 12.4 Å². The number of urea groups is 2. The van der Waals surface area contributed by atoms with Crippen LogP contribution in [0, 0.1) is 0 Å². The van der Waals surface area contributed by atoms with E-state index in [0.717, 1.165) is 49.0 Å². The van der Waals surface area contributed by atoms with Crippen molar-refractivity contribution in [2.75, 3.05) is 49.9 Å². The van der Waals surface area contributed by atoms with Gasteiger partial charge in [0.2, 0.25) is 0 Å². The number of hydrogen-bond acceptors (Lipinski definition) is 6. The summed E-state index contributed by atoms with van der Waals surface area (Å²) in [7, 11) is 0. The lowest BCUT2D eigenvalue weighted by Gasteiger charge is -2.10. The van der Waals surface area contributed by atoms with Crippen molar-refractivity contribution in [3.63, 3.8) is 0 Å². The van der Waals surface area contributed by atoms with Crippen LogP contribution in [0.1, 0.15) is 17.5 Å². The maximum atomic E-state index is 12.0. The maximum absolute atomic E-state index is 12.0. The molecule has 0 spiro atoms. The molecule has 0 unspecified atom stereocenters. The van der Waals surface area contributed by atoms with Crippen molar-refractivity contribution in [2.24, 2.45) is 9.98 Å². The van der Waals surface area contributed by atoms with E-state index in [0.29, 0.717) is 30.9 Å². The lowest BCUT2D eigenvalue weighted by Crippen LogP contribution is -2.34. The lowest BCUT2D eigenvalue weighted by atomic mass is 10.2. The summed E-state index contributed by atoms with van der Waals surface area (Å²) in [4.78, 5) is 32.8.